The smallest absolute Gasteiger partial charge is 0.0964 e. The van der Waals surface area contributed by atoms with E-state index in [0.29, 0.717) is 6.04 Å². The lowest BCUT2D eigenvalue weighted by molar-refractivity contribution is -0.177. The standard InChI is InChI=1S/C16H25N3O2/c20-15-2-1-9-21-16(15)5-7-18(8-6-16)11-14-10-17-12-19(14)13-3-4-13/h10,12-13,15,20H,1-9,11H2/t15-/m1/s1. The molecular weight excluding hydrogens is 266 g/mol. The highest BCUT2D eigenvalue weighted by Crippen LogP contribution is 2.37. The first-order valence-electron chi connectivity index (χ1n) is 8.32. The highest BCUT2D eigenvalue weighted by molar-refractivity contribution is 5.04. The van der Waals surface area contributed by atoms with Crippen LogP contribution >= 0.6 is 0 Å². The quantitative estimate of drug-likeness (QED) is 0.921. The van der Waals surface area contributed by atoms with Gasteiger partial charge in [0.1, 0.15) is 0 Å². The molecule has 2 aliphatic heterocycles. The molecule has 0 amide bonds. The zero-order valence-corrected chi connectivity index (χ0v) is 12.6. The van der Waals surface area contributed by atoms with E-state index < -0.39 is 0 Å². The Hall–Kier alpha value is -0.910. The Kier molecular flexibility index (Phi) is 3.52. The third kappa shape index (κ3) is 2.62. The molecule has 1 aromatic rings. The zero-order chi connectivity index (χ0) is 14.3. The van der Waals surface area contributed by atoms with Gasteiger partial charge in [0.05, 0.1) is 23.7 Å². The fourth-order valence-corrected chi connectivity index (χ4v) is 3.84. The third-order valence-corrected chi connectivity index (χ3v) is 5.39. The van der Waals surface area contributed by atoms with Gasteiger partial charge >= 0.3 is 0 Å². The van der Waals surface area contributed by atoms with Crippen LogP contribution in [0, 0.1) is 0 Å². The minimum absolute atomic E-state index is 0.258. The summed E-state index contributed by atoms with van der Waals surface area (Å²) < 4.78 is 8.32. The van der Waals surface area contributed by atoms with Crippen molar-refractivity contribution < 1.29 is 9.84 Å². The second-order valence-corrected chi connectivity index (χ2v) is 6.87. The monoisotopic (exact) mass is 291 g/mol. The summed E-state index contributed by atoms with van der Waals surface area (Å²) >= 11 is 0. The molecule has 116 valence electrons. The van der Waals surface area contributed by atoms with Crippen LogP contribution in [-0.2, 0) is 11.3 Å². The summed E-state index contributed by atoms with van der Waals surface area (Å²) in [5.74, 6) is 0. The maximum Gasteiger partial charge on any atom is 0.0964 e. The Balaban J connectivity index is 1.37. The van der Waals surface area contributed by atoms with E-state index in [0.717, 1.165) is 51.9 Å². The van der Waals surface area contributed by atoms with Crippen molar-refractivity contribution in [3.05, 3.63) is 18.2 Å². The van der Waals surface area contributed by atoms with Crippen LogP contribution in [-0.4, -0.2) is 51.0 Å². The van der Waals surface area contributed by atoms with Gasteiger partial charge < -0.3 is 14.4 Å². The Morgan fingerprint density at radius 3 is 2.81 bits per heavy atom. The number of hydrogen-bond donors (Lipinski definition) is 1. The van der Waals surface area contributed by atoms with Gasteiger partial charge in [-0.25, -0.2) is 4.98 Å². The normalized spacial score (nSPS) is 29.9. The van der Waals surface area contributed by atoms with E-state index in [1.807, 2.05) is 12.5 Å². The summed E-state index contributed by atoms with van der Waals surface area (Å²) in [6, 6.07) is 0.696. The second-order valence-electron chi connectivity index (χ2n) is 6.87. The summed E-state index contributed by atoms with van der Waals surface area (Å²) in [7, 11) is 0. The van der Waals surface area contributed by atoms with E-state index in [1.54, 1.807) is 0 Å². The molecule has 1 aromatic heterocycles. The average molecular weight is 291 g/mol. The fraction of sp³-hybridized carbons (Fsp3) is 0.812. The number of rotatable bonds is 3. The van der Waals surface area contributed by atoms with Crippen molar-refractivity contribution in [3.63, 3.8) is 0 Å². The number of ether oxygens (including phenoxy) is 1. The van der Waals surface area contributed by atoms with Gasteiger partial charge in [0.25, 0.3) is 0 Å². The second kappa shape index (κ2) is 5.38. The van der Waals surface area contributed by atoms with Crippen molar-refractivity contribution in [2.75, 3.05) is 19.7 Å². The maximum absolute atomic E-state index is 10.3. The predicted octanol–water partition coefficient (Wildman–Crippen LogP) is 1.72. The molecule has 3 fully saturated rings. The summed E-state index contributed by atoms with van der Waals surface area (Å²) in [5, 5.41) is 10.3. The molecular formula is C16H25N3O2. The molecule has 3 heterocycles. The molecule has 1 atom stereocenters. The third-order valence-electron chi connectivity index (χ3n) is 5.39. The molecule has 0 aromatic carbocycles. The number of aliphatic hydroxyl groups is 1. The van der Waals surface area contributed by atoms with Gasteiger partial charge in [-0.3, -0.25) is 4.90 Å². The predicted molar refractivity (Wildman–Crippen MR) is 78.9 cm³/mol. The molecule has 21 heavy (non-hydrogen) atoms. The van der Waals surface area contributed by atoms with Gasteiger partial charge in [-0.2, -0.15) is 0 Å². The Morgan fingerprint density at radius 2 is 2.10 bits per heavy atom. The molecule has 1 aliphatic carbocycles. The van der Waals surface area contributed by atoms with E-state index in [9.17, 15) is 5.11 Å². The first kappa shape index (κ1) is 13.7. The molecule has 2 saturated heterocycles. The Bertz CT molecular complexity index is 489. The Labute approximate surface area is 125 Å². The summed E-state index contributed by atoms with van der Waals surface area (Å²) in [4.78, 5) is 6.79. The number of likely N-dealkylation sites (tertiary alicyclic amines) is 1. The van der Waals surface area contributed by atoms with Crippen molar-refractivity contribution in [2.24, 2.45) is 0 Å². The van der Waals surface area contributed by atoms with E-state index in [2.05, 4.69) is 14.5 Å². The van der Waals surface area contributed by atoms with E-state index in [1.165, 1.54) is 18.5 Å². The van der Waals surface area contributed by atoms with Crippen molar-refractivity contribution in [2.45, 2.75) is 62.8 Å². The summed E-state index contributed by atoms with van der Waals surface area (Å²) in [6.07, 6.45) is 10.1. The Morgan fingerprint density at radius 1 is 1.29 bits per heavy atom. The number of nitrogens with zero attached hydrogens (tertiary/aromatic N) is 3. The highest BCUT2D eigenvalue weighted by Gasteiger charge is 2.43. The number of imidazole rings is 1. The molecule has 3 aliphatic rings. The van der Waals surface area contributed by atoms with Gasteiger partial charge in [-0.05, 0) is 38.5 Å². The lowest BCUT2D eigenvalue weighted by Gasteiger charge is -2.46. The molecule has 0 bridgehead atoms. The summed E-state index contributed by atoms with van der Waals surface area (Å²) in [5.41, 5.74) is 1.07. The number of piperidine rings is 1. The van der Waals surface area contributed by atoms with Crippen molar-refractivity contribution >= 4 is 0 Å². The minimum atomic E-state index is -0.273. The maximum atomic E-state index is 10.3. The molecule has 1 saturated carbocycles. The molecule has 0 unspecified atom stereocenters. The van der Waals surface area contributed by atoms with E-state index in [4.69, 9.17) is 4.74 Å². The lowest BCUT2D eigenvalue weighted by Crippen LogP contribution is -2.55. The van der Waals surface area contributed by atoms with Crippen molar-refractivity contribution in [1.82, 2.24) is 14.5 Å². The molecule has 0 radical (unpaired) electrons. The van der Waals surface area contributed by atoms with Crippen LogP contribution in [0.25, 0.3) is 0 Å². The van der Waals surface area contributed by atoms with Crippen molar-refractivity contribution in [3.8, 4) is 0 Å². The lowest BCUT2D eigenvalue weighted by atomic mass is 9.82. The zero-order valence-electron chi connectivity index (χ0n) is 12.6. The molecule has 1 spiro atoms. The SMILES string of the molecule is O[C@@H]1CCCOC12CCN(Cc1cncn1C1CC1)CC2. The number of aliphatic hydroxyl groups excluding tert-OH is 1. The summed E-state index contributed by atoms with van der Waals surface area (Å²) in [6.45, 7) is 3.80. The molecule has 5 nitrogen and oxygen atoms in total. The van der Waals surface area contributed by atoms with Crippen LogP contribution in [0.3, 0.4) is 0 Å². The van der Waals surface area contributed by atoms with Crippen LogP contribution in [0.4, 0.5) is 0 Å². The largest absolute Gasteiger partial charge is 0.390 e. The first-order chi connectivity index (χ1) is 10.3. The van der Waals surface area contributed by atoms with Gasteiger partial charge in [0.2, 0.25) is 0 Å². The van der Waals surface area contributed by atoms with Crippen molar-refractivity contribution in [1.29, 1.82) is 0 Å². The van der Waals surface area contributed by atoms with Gasteiger partial charge in [-0.1, -0.05) is 0 Å². The van der Waals surface area contributed by atoms with Crippen LogP contribution in [0.1, 0.15) is 50.3 Å². The van der Waals surface area contributed by atoms with E-state index in [-0.39, 0.29) is 11.7 Å². The molecule has 5 heteroatoms. The van der Waals surface area contributed by atoms with Gasteiger partial charge in [0.15, 0.2) is 0 Å². The molecule has 4 rings (SSSR count). The van der Waals surface area contributed by atoms with Crippen LogP contribution in [0.15, 0.2) is 12.5 Å². The average Bonchev–Trinajstić information content (AvgIpc) is 3.25. The fourth-order valence-electron chi connectivity index (χ4n) is 3.84. The number of hydrogen-bond acceptors (Lipinski definition) is 4. The molecule has 1 N–H and O–H groups in total. The first-order valence-corrected chi connectivity index (χ1v) is 8.32. The van der Waals surface area contributed by atoms with Crippen LogP contribution in [0.2, 0.25) is 0 Å². The van der Waals surface area contributed by atoms with E-state index >= 15 is 0 Å². The van der Waals surface area contributed by atoms with Gasteiger partial charge in [0, 0.05) is 38.5 Å². The topological polar surface area (TPSA) is 50.5 Å². The number of aromatic nitrogens is 2. The highest BCUT2D eigenvalue weighted by atomic mass is 16.5. The minimum Gasteiger partial charge on any atom is -0.390 e. The van der Waals surface area contributed by atoms with Crippen LogP contribution < -0.4 is 0 Å². The van der Waals surface area contributed by atoms with Gasteiger partial charge in [-0.15, -0.1) is 0 Å². The van der Waals surface area contributed by atoms with Crippen LogP contribution in [0.5, 0.6) is 0 Å².